The van der Waals surface area contributed by atoms with Crippen molar-refractivity contribution in [1.82, 2.24) is 0 Å². The van der Waals surface area contributed by atoms with Gasteiger partial charge in [-0.25, -0.2) is 8.78 Å². The fourth-order valence-corrected chi connectivity index (χ4v) is 1.96. The van der Waals surface area contributed by atoms with Crippen molar-refractivity contribution in [2.45, 2.75) is 51.9 Å². The Kier molecular flexibility index (Phi) is 7.38. The standard InChI is InChI=1S/C15H23F2N/c1-2-3-4-5-6-7-8-12-18-15-13(16)10-9-11-14(15)17/h9-11,18H,2-8,12H2,1H3. The predicted molar refractivity (Wildman–Crippen MR) is 72.8 cm³/mol. The molecular formula is C15H23F2N. The van der Waals surface area contributed by atoms with Gasteiger partial charge in [-0.2, -0.15) is 0 Å². The van der Waals surface area contributed by atoms with Gasteiger partial charge in [0.05, 0.1) is 0 Å². The Morgan fingerprint density at radius 2 is 1.44 bits per heavy atom. The summed E-state index contributed by atoms with van der Waals surface area (Å²) in [7, 11) is 0. The molecule has 0 amide bonds. The molecule has 0 aromatic heterocycles. The van der Waals surface area contributed by atoms with Crippen molar-refractivity contribution in [2.24, 2.45) is 0 Å². The molecule has 1 aromatic carbocycles. The molecule has 1 aromatic rings. The zero-order valence-corrected chi connectivity index (χ0v) is 11.1. The van der Waals surface area contributed by atoms with Crippen LogP contribution in [-0.2, 0) is 0 Å². The molecule has 0 aliphatic heterocycles. The number of halogens is 2. The van der Waals surface area contributed by atoms with Gasteiger partial charge in [0.1, 0.15) is 17.3 Å². The van der Waals surface area contributed by atoms with Crippen LogP contribution in [0.4, 0.5) is 14.5 Å². The van der Waals surface area contributed by atoms with Crippen molar-refractivity contribution in [1.29, 1.82) is 0 Å². The van der Waals surface area contributed by atoms with Crippen LogP contribution in [0.1, 0.15) is 51.9 Å². The van der Waals surface area contributed by atoms with E-state index >= 15 is 0 Å². The Morgan fingerprint density at radius 3 is 2.06 bits per heavy atom. The van der Waals surface area contributed by atoms with Crippen LogP contribution in [0.2, 0.25) is 0 Å². The number of unbranched alkanes of at least 4 members (excludes halogenated alkanes) is 6. The topological polar surface area (TPSA) is 12.0 Å². The van der Waals surface area contributed by atoms with E-state index in [9.17, 15) is 8.78 Å². The zero-order valence-electron chi connectivity index (χ0n) is 11.1. The van der Waals surface area contributed by atoms with Gasteiger partial charge in [-0.15, -0.1) is 0 Å². The van der Waals surface area contributed by atoms with Crippen molar-refractivity contribution in [3.8, 4) is 0 Å². The number of hydrogen-bond donors (Lipinski definition) is 1. The number of hydrogen-bond acceptors (Lipinski definition) is 1. The van der Waals surface area contributed by atoms with Gasteiger partial charge in [-0.1, -0.05) is 51.5 Å². The van der Waals surface area contributed by atoms with E-state index in [1.54, 1.807) is 0 Å². The molecule has 102 valence electrons. The number of anilines is 1. The summed E-state index contributed by atoms with van der Waals surface area (Å²) < 4.78 is 26.5. The van der Waals surface area contributed by atoms with Gasteiger partial charge in [0.15, 0.2) is 0 Å². The zero-order chi connectivity index (χ0) is 13.2. The molecule has 0 saturated heterocycles. The molecule has 0 bridgehead atoms. The third-order valence-electron chi connectivity index (χ3n) is 3.04. The first kappa shape index (κ1) is 14.9. The van der Waals surface area contributed by atoms with Gasteiger partial charge in [0.2, 0.25) is 0 Å². The van der Waals surface area contributed by atoms with E-state index in [-0.39, 0.29) is 5.69 Å². The highest BCUT2D eigenvalue weighted by Gasteiger charge is 2.06. The lowest BCUT2D eigenvalue weighted by molar-refractivity contribution is 0.580. The van der Waals surface area contributed by atoms with Crippen LogP contribution in [-0.4, -0.2) is 6.54 Å². The first-order chi connectivity index (χ1) is 8.75. The van der Waals surface area contributed by atoms with Crippen LogP contribution in [0.3, 0.4) is 0 Å². The lowest BCUT2D eigenvalue weighted by Gasteiger charge is -2.08. The lowest BCUT2D eigenvalue weighted by Crippen LogP contribution is -2.05. The maximum atomic E-state index is 13.3. The van der Waals surface area contributed by atoms with E-state index in [2.05, 4.69) is 12.2 Å². The molecule has 1 N–H and O–H groups in total. The van der Waals surface area contributed by atoms with Crippen molar-refractivity contribution in [3.63, 3.8) is 0 Å². The van der Waals surface area contributed by atoms with Crippen LogP contribution in [0.5, 0.6) is 0 Å². The highest BCUT2D eigenvalue weighted by Crippen LogP contribution is 2.18. The van der Waals surface area contributed by atoms with Gasteiger partial charge in [-0.05, 0) is 18.6 Å². The second kappa shape index (κ2) is 8.90. The fourth-order valence-electron chi connectivity index (χ4n) is 1.96. The van der Waals surface area contributed by atoms with Gasteiger partial charge in [0.25, 0.3) is 0 Å². The monoisotopic (exact) mass is 255 g/mol. The largest absolute Gasteiger partial charge is 0.380 e. The van der Waals surface area contributed by atoms with Gasteiger partial charge < -0.3 is 5.32 Å². The van der Waals surface area contributed by atoms with E-state index in [4.69, 9.17) is 0 Å². The van der Waals surface area contributed by atoms with E-state index in [0.29, 0.717) is 6.54 Å². The minimum atomic E-state index is -0.516. The smallest absolute Gasteiger partial charge is 0.149 e. The first-order valence-electron chi connectivity index (χ1n) is 6.93. The normalized spacial score (nSPS) is 10.6. The number of rotatable bonds is 9. The Morgan fingerprint density at radius 1 is 0.889 bits per heavy atom. The molecule has 0 spiro atoms. The molecule has 0 fully saturated rings. The van der Waals surface area contributed by atoms with E-state index < -0.39 is 11.6 Å². The summed E-state index contributed by atoms with van der Waals surface area (Å²) in [4.78, 5) is 0. The van der Waals surface area contributed by atoms with Gasteiger partial charge in [-0.3, -0.25) is 0 Å². The molecule has 0 atom stereocenters. The summed E-state index contributed by atoms with van der Waals surface area (Å²) in [6, 6.07) is 3.93. The quantitative estimate of drug-likeness (QED) is 0.603. The molecule has 0 saturated carbocycles. The number of para-hydroxylation sites is 1. The SMILES string of the molecule is CCCCCCCCCNc1c(F)cccc1F. The Bertz CT molecular complexity index is 319. The Labute approximate surface area is 109 Å². The van der Waals surface area contributed by atoms with E-state index in [1.165, 1.54) is 50.3 Å². The summed E-state index contributed by atoms with van der Waals surface area (Å²) in [5.74, 6) is -1.03. The molecule has 0 heterocycles. The maximum Gasteiger partial charge on any atom is 0.149 e. The Balaban J connectivity index is 2.11. The van der Waals surface area contributed by atoms with Gasteiger partial charge in [0, 0.05) is 6.54 Å². The summed E-state index contributed by atoms with van der Waals surface area (Å²) in [6.07, 6.45) is 8.41. The molecule has 0 aliphatic carbocycles. The van der Waals surface area contributed by atoms with E-state index in [1.807, 2.05) is 0 Å². The second-order valence-corrected chi connectivity index (χ2v) is 4.64. The summed E-state index contributed by atoms with van der Waals surface area (Å²) in [6.45, 7) is 2.83. The maximum absolute atomic E-state index is 13.3. The Hall–Kier alpha value is -1.12. The van der Waals surface area contributed by atoms with Crippen LogP contribution < -0.4 is 5.32 Å². The lowest BCUT2D eigenvalue weighted by atomic mass is 10.1. The third-order valence-corrected chi connectivity index (χ3v) is 3.04. The molecule has 0 aliphatic rings. The molecule has 0 radical (unpaired) electrons. The van der Waals surface area contributed by atoms with Gasteiger partial charge >= 0.3 is 0 Å². The van der Waals surface area contributed by atoms with Crippen LogP contribution in [0, 0.1) is 11.6 Å². The van der Waals surface area contributed by atoms with Crippen LogP contribution >= 0.6 is 0 Å². The summed E-state index contributed by atoms with van der Waals surface area (Å²) in [5.41, 5.74) is 0.00322. The van der Waals surface area contributed by atoms with Crippen LogP contribution in [0.25, 0.3) is 0 Å². The minimum Gasteiger partial charge on any atom is -0.380 e. The second-order valence-electron chi connectivity index (χ2n) is 4.64. The van der Waals surface area contributed by atoms with Crippen molar-refractivity contribution in [3.05, 3.63) is 29.8 Å². The number of benzene rings is 1. The van der Waals surface area contributed by atoms with Crippen molar-refractivity contribution in [2.75, 3.05) is 11.9 Å². The summed E-state index contributed by atoms with van der Waals surface area (Å²) in [5, 5.41) is 2.83. The fraction of sp³-hybridized carbons (Fsp3) is 0.600. The highest BCUT2D eigenvalue weighted by molar-refractivity contribution is 5.45. The molecule has 3 heteroatoms. The average Bonchev–Trinajstić information content (AvgIpc) is 2.35. The average molecular weight is 255 g/mol. The third kappa shape index (κ3) is 5.48. The molecule has 1 rings (SSSR count). The van der Waals surface area contributed by atoms with Crippen molar-refractivity contribution < 1.29 is 8.78 Å². The molecule has 18 heavy (non-hydrogen) atoms. The molecule has 1 nitrogen and oxygen atoms in total. The van der Waals surface area contributed by atoms with Crippen molar-refractivity contribution >= 4 is 5.69 Å². The molecule has 0 unspecified atom stereocenters. The summed E-state index contributed by atoms with van der Waals surface area (Å²) >= 11 is 0. The highest BCUT2D eigenvalue weighted by atomic mass is 19.1. The van der Waals surface area contributed by atoms with E-state index in [0.717, 1.165) is 12.8 Å². The molecular weight excluding hydrogens is 232 g/mol. The first-order valence-corrected chi connectivity index (χ1v) is 6.93. The van der Waals surface area contributed by atoms with Crippen LogP contribution in [0.15, 0.2) is 18.2 Å². The predicted octanol–water partition coefficient (Wildman–Crippen LogP) is 5.13. The minimum absolute atomic E-state index is 0.00322. The number of nitrogens with one attached hydrogen (secondary N) is 1.